The molecule has 0 aliphatic rings. The molecule has 1 aromatic heterocycles. The number of benzene rings is 2. The van der Waals surface area contributed by atoms with E-state index in [9.17, 15) is 4.39 Å². The van der Waals surface area contributed by atoms with Crippen LogP contribution in [-0.4, -0.2) is 4.98 Å². The standard InChI is InChI=1S/C17H17FN2S/c1-11(13-6-5-7-14(18)10-13)19-12(2)17-20-15-8-3-4-9-16(15)21-17/h3-12,19H,1-2H3/t11-,12?/m0/s1. The van der Waals surface area contributed by atoms with Gasteiger partial charge in [-0.05, 0) is 43.7 Å². The highest BCUT2D eigenvalue weighted by atomic mass is 32.1. The fraction of sp³-hybridized carbons (Fsp3) is 0.235. The molecule has 4 heteroatoms. The van der Waals surface area contributed by atoms with Gasteiger partial charge in [-0.25, -0.2) is 9.37 Å². The van der Waals surface area contributed by atoms with E-state index in [0.717, 1.165) is 16.1 Å². The molecule has 0 amide bonds. The third-order valence-electron chi connectivity index (χ3n) is 3.53. The number of thiazole rings is 1. The van der Waals surface area contributed by atoms with Crippen molar-refractivity contribution in [1.29, 1.82) is 0 Å². The molecule has 0 fully saturated rings. The van der Waals surface area contributed by atoms with Gasteiger partial charge in [0.2, 0.25) is 0 Å². The van der Waals surface area contributed by atoms with Crippen LogP contribution in [0.25, 0.3) is 10.2 Å². The van der Waals surface area contributed by atoms with Gasteiger partial charge in [0, 0.05) is 6.04 Å². The molecule has 3 rings (SSSR count). The quantitative estimate of drug-likeness (QED) is 0.745. The van der Waals surface area contributed by atoms with Crippen molar-refractivity contribution < 1.29 is 4.39 Å². The third-order valence-corrected chi connectivity index (χ3v) is 4.75. The minimum atomic E-state index is -0.200. The first-order chi connectivity index (χ1) is 10.1. The maximum Gasteiger partial charge on any atom is 0.123 e. The summed E-state index contributed by atoms with van der Waals surface area (Å²) in [4.78, 5) is 4.66. The maximum atomic E-state index is 13.3. The van der Waals surface area contributed by atoms with Gasteiger partial charge in [0.15, 0.2) is 0 Å². The van der Waals surface area contributed by atoms with Crippen LogP contribution in [-0.2, 0) is 0 Å². The normalized spacial score (nSPS) is 14.2. The number of hydrogen-bond acceptors (Lipinski definition) is 3. The zero-order chi connectivity index (χ0) is 14.8. The van der Waals surface area contributed by atoms with Crippen LogP contribution in [0.5, 0.6) is 0 Å². The predicted molar refractivity (Wildman–Crippen MR) is 86.0 cm³/mol. The topological polar surface area (TPSA) is 24.9 Å². The van der Waals surface area contributed by atoms with E-state index in [1.165, 1.54) is 10.8 Å². The summed E-state index contributed by atoms with van der Waals surface area (Å²) in [5.41, 5.74) is 1.98. The first kappa shape index (κ1) is 14.2. The number of para-hydroxylation sites is 1. The van der Waals surface area contributed by atoms with Gasteiger partial charge in [0.25, 0.3) is 0 Å². The minimum Gasteiger partial charge on any atom is -0.302 e. The van der Waals surface area contributed by atoms with E-state index < -0.39 is 0 Å². The molecule has 0 aliphatic heterocycles. The van der Waals surface area contributed by atoms with E-state index in [2.05, 4.69) is 23.3 Å². The van der Waals surface area contributed by atoms with Crippen molar-refractivity contribution in [2.45, 2.75) is 25.9 Å². The lowest BCUT2D eigenvalue weighted by molar-refractivity contribution is 0.491. The Hall–Kier alpha value is -1.78. The fourth-order valence-electron chi connectivity index (χ4n) is 2.39. The van der Waals surface area contributed by atoms with Crippen LogP contribution in [0.15, 0.2) is 48.5 Å². The van der Waals surface area contributed by atoms with Gasteiger partial charge in [-0.15, -0.1) is 11.3 Å². The summed E-state index contributed by atoms with van der Waals surface area (Å²) in [6.45, 7) is 4.13. The van der Waals surface area contributed by atoms with Crippen molar-refractivity contribution in [2.75, 3.05) is 0 Å². The SMILES string of the molecule is CC(N[C@@H](C)c1cccc(F)c1)c1nc2ccccc2s1. The number of rotatable bonds is 4. The molecule has 21 heavy (non-hydrogen) atoms. The second-order valence-corrected chi connectivity index (χ2v) is 6.25. The number of aromatic nitrogens is 1. The monoisotopic (exact) mass is 300 g/mol. The molecule has 2 atom stereocenters. The Morgan fingerprint density at radius 3 is 2.62 bits per heavy atom. The van der Waals surface area contributed by atoms with E-state index in [-0.39, 0.29) is 17.9 Å². The molecule has 0 saturated carbocycles. The predicted octanol–water partition coefficient (Wildman–Crippen LogP) is 4.85. The average Bonchev–Trinajstić information content (AvgIpc) is 2.91. The minimum absolute atomic E-state index is 0.0720. The lowest BCUT2D eigenvalue weighted by atomic mass is 10.1. The Labute approximate surface area is 127 Å². The van der Waals surface area contributed by atoms with Crippen molar-refractivity contribution >= 4 is 21.6 Å². The largest absolute Gasteiger partial charge is 0.302 e. The number of hydrogen-bond donors (Lipinski definition) is 1. The van der Waals surface area contributed by atoms with Gasteiger partial charge in [-0.2, -0.15) is 0 Å². The van der Waals surface area contributed by atoms with Crippen LogP contribution in [0.3, 0.4) is 0 Å². The maximum absolute atomic E-state index is 13.3. The van der Waals surface area contributed by atoms with Crippen molar-refractivity contribution in [1.82, 2.24) is 10.3 Å². The third kappa shape index (κ3) is 3.12. The molecule has 2 nitrogen and oxygen atoms in total. The Morgan fingerprint density at radius 1 is 1.05 bits per heavy atom. The second-order valence-electron chi connectivity index (χ2n) is 5.18. The first-order valence-electron chi connectivity index (χ1n) is 7.00. The molecule has 0 aliphatic carbocycles. The highest BCUT2D eigenvalue weighted by molar-refractivity contribution is 7.18. The van der Waals surface area contributed by atoms with E-state index in [0.29, 0.717) is 0 Å². The average molecular weight is 300 g/mol. The molecule has 0 radical (unpaired) electrons. The number of halogens is 1. The Balaban J connectivity index is 1.77. The van der Waals surface area contributed by atoms with Crippen LogP contribution in [0.1, 0.15) is 36.5 Å². The highest BCUT2D eigenvalue weighted by Crippen LogP contribution is 2.27. The van der Waals surface area contributed by atoms with E-state index in [1.54, 1.807) is 23.5 Å². The second kappa shape index (κ2) is 5.92. The molecule has 1 unspecified atom stereocenters. The molecule has 1 N–H and O–H groups in total. The highest BCUT2D eigenvalue weighted by Gasteiger charge is 2.15. The number of nitrogens with one attached hydrogen (secondary N) is 1. The smallest absolute Gasteiger partial charge is 0.123 e. The summed E-state index contributed by atoms with van der Waals surface area (Å²) in [6, 6.07) is 15.0. The summed E-state index contributed by atoms with van der Waals surface area (Å²) >= 11 is 1.70. The zero-order valence-electron chi connectivity index (χ0n) is 12.0. The van der Waals surface area contributed by atoms with Gasteiger partial charge in [-0.1, -0.05) is 24.3 Å². The zero-order valence-corrected chi connectivity index (χ0v) is 12.8. The van der Waals surface area contributed by atoms with Crippen molar-refractivity contribution in [3.8, 4) is 0 Å². The Morgan fingerprint density at radius 2 is 1.86 bits per heavy atom. The number of fused-ring (bicyclic) bond motifs is 1. The molecular formula is C17H17FN2S. The Kier molecular flexibility index (Phi) is 3.99. The molecule has 3 aromatic rings. The fourth-order valence-corrected chi connectivity index (χ4v) is 3.37. The van der Waals surface area contributed by atoms with Gasteiger partial charge in [0.1, 0.15) is 10.8 Å². The van der Waals surface area contributed by atoms with Gasteiger partial charge in [-0.3, -0.25) is 0 Å². The van der Waals surface area contributed by atoms with Crippen LogP contribution in [0, 0.1) is 5.82 Å². The first-order valence-corrected chi connectivity index (χ1v) is 7.82. The molecule has 1 heterocycles. The summed E-state index contributed by atoms with van der Waals surface area (Å²) < 4.78 is 14.5. The summed E-state index contributed by atoms with van der Waals surface area (Å²) in [5, 5.41) is 4.54. The van der Waals surface area contributed by atoms with Crippen molar-refractivity contribution in [3.63, 3.8) is 0 Å². The molecule has 0 spiro atoms. The van der Waals surface area contributed by atoms with Crippen LogP contribution >= 0.6 is 11.3 Å². The lowest BCUT2D eigenvalue weighted by Gasteiger charge is -2.18. The van der Waals surface area contributed by atoms with E-state index in [4.69, 9.17) is 0 Å². The van der Waals surface area contributed by atoms with Crippen molar-refractivity contribution in [3.05, 3.63) is 64.9 Å². The molecular weight excluding hydrogens is 283 g/mol. The molecule has 0 saturated heterocycles. The van der Waals surface area contributed by atoms with Crippen LogP contribution in [0.2, 0.25) is 0 Å². The summed E-state index contributed by atoms with van der Waals surface area (Å²) in [6.07, 6.45) is 0. The molecule has 2 aromatic carbocycles. The van der Waals surface area contributed by atoms with Gasteiger partial charge >= 0.3 is 0 Å². The van der Waals surface area contributed by atoms with Gasteiger partial charge < -0.3 is 5.32 Å². The van der Waals surface area contributed by atoms with E-state index >= 15 is 0 Å². The summed E-state index contributed by atoms with van der Waals surface area (Å²) in [5.74, 6) is -0.200. The summed E-state index contributed by atoms with van der Waals surface area (Å²) in [7, 11) is 0. The van der Waals surface area contributed by atoms with E-state index in [1.807, 2.05) is 31.2 Å². The van der Waals surface area contributed by atoms with Crippen molar-refractivity contribution in [2.24, 2.45) is 0 Å². The van der Waals surface area contributed by atoms with Crippen LogP contribution in [0.4, 0.5) is 4.39 Å². The number of nitrogens with zero attached hydrogens (tertiary/aromatic N) is 1. The van der Waals surface area contributed by atoms with Crippen LogP contribution < -0.4 is 5.32 Å². The Bertz CT molecular complexity index is 720. The molecule has 108 valence electrons. The lowest BCUT2D eigenvalue weighted by Crippen LogP contribution is -2.22. The van der Waals surface area contributed by atoms with Gasteiger partial charge in [0.05, 0.1) is 16.3 Å². The molecule has 0 bridgehead atoms.